The number of hydrogen-bond donors (Lipinski definition) is 2. The van der Waals surface area contributed by atoms with Gasteiger partial charge in [0.2, 0.25) is 0 Å². The molecule has 0 bridgehead atoms. The maximum atomic E-state index is 5.97. The summed E-state index contributed by atoms with van der Waals surface area (Å²) in [5.41, 5.74) is 6.77. The van der Waals surface area contributed by atoms with Crippen LogP contribution in [-0.4, -0.2) is 46.6 Å². The van der Waals surface area contributed by atoms with E-state index >= 15 is 0 Å². The first-order valence-corrected chi connectivity index (χ1v) is 7.22. The summed E-state index contributed by atoms with van der Waals surface area (Å²) >= 11 is 0. The van der Waals surface area contributed by atoms with E-state index in [4.69, 9.17) is 15.2 Å². The van der Waals surface area contributed by atoms with Crippen LogP contribution in [0, 0.1) is 10.8 Å². The van der Waals surface area contributed by atoms with Crippen molar-refractivity contribution < 1.29 is 9.47 Å². The molecular weight excluding hydrogens is 228 g/mol. The van der Waals surface area contributed by atoms with E-state index in [9.17, 15) is 0 Å². The highest BCUT2D eigenvalue weighted by molar-refractivity contribution is 4.95. The van der Waals surface area contributed by atoms with Gasteiger partial charge in [-0.25, -0.2) is 0 Å². The normalized spacial score (nSPS) is 25.0. The summed E-state index contributed by atoms with van der Waals surface area (Å²) in [4.78, 5) is 0. The second-order valence-electron chi connectivity index (χ2n) is 6.16. The Kier molecular flexibility index (Phi) is 5.01. The third-order valence-electron chi connectivity index (χ3n) is 4.78. The Labute approximate surface area is 111 Å². The first kappa shape index (κ1) is 14.3. The number of nitrogens with one attached hydrogen (secondary N) is 1. The lowest BCUT2D eigenvalue weighted by Crippen LogP contribution is -2.45. The van der Waals surface area contributed by atoms with Gasteiger partial charge in [0.05, 0.1) is 0 Å². The van der Waals surface area contributed by atoms with E-state index in [0.717, 1.165) is 52.3 Å². The van der Waals surface area contributed by atoms with Gasteiger partial charge in [0.1, 0.15) is 0 Å². The standard InChI is InChI=1S/C14H28N2O2/c1-17-7-4-13(2-3-13)11-16-12-14(10-15)5-8-18-9-6-14/h16H,2-12,15H2,1H3. The third kappa shape index (κ3) is 3.67. The second kappa shape index (κ2) is 6.33. The fraction of sp³-hybridized carbons (Fsp3) is 1.00. The van der Waals surface area contributed by atoms with Gasteiger partial charge >= 0.3 is 0 Å². The van der Waals surface area contributed by atoms with E-state index in [1.165, 1.54) is 19.3 Å². The predicted molar refractivity (Wildman–Crippen MR) is 72.6 cm³/mol. The van der Waals surface area contributed by atoms with Crippen LogP contribution < -0.4 is 11.1 Å². The minimum atomic E-state index is 0.273. The van der Waals surface area contributed by atoms with Crippen molar-refractivity contribution in [3.05, 3.63) is 0 Å². The highest BCUT2D eigenvalue weighted by atomic mass is 16.5. The molecule has 1 aliphatic heterocycles. The molecule has 0 amide bonds. The van der Waals surface area contributed by atoms with Gasteiger partial charge in [-0.05, 0) is 49.5 Å². The van der Waals surface area contributed by atoms with Crippen LogP contribution >= 0.6 is 0 Å². The Morgan fingerprint density at radius 2 is 1.78 bits per heavy atom. The maximum Gasteiger partial charge on any atom is 0.0472 e. The molecule has 4 nitrogen and oxygen atoms in total. The first-order valence-electron chi connectivity index (χ1n) is 7.22. The van der Waals surface area contributed by atoms with E-state index in [2.05, 4.69) is 5.32 Å². The Hall–Kier alpha value is -0.160. The van der Waals surface area contributed by atoms with Gasteiger partial charge < -0.3 is 20.5 Å². The minimum Gasteiger partial charge on any atom is -0.385 e. The Morgan fingerprint density at radius 1 is 1.11 bits per heavy atom. The van der Waals surface area contributed by atoms with Gasteiger partial charge in [-0.2, -0.15) is 0 Å². The topological polar surface area (TPSA) is 56.5 Å². The van der Waals surface area contributed by atoms with Gasteiger partial charge in [0.15, 0.2) is 0 Å². The monoisotopic (exact) mass is 256 g/mol. The van der Waals surface area contributed by atoms with Crippen molar-refractivity contribution in [2.45, 2.75) is 32.1 Å². The molecular formula is C14H28N2O2. The second-order valence-corrected chi connectivity index (χ2v) is 6.16. The molecule has 1 saturated heterocycles. The summed E-state index contributed by atoms with van der Waals surface area (Å²) in [6.07, 6.45) is 6.09. The van der Waals surface area contributed by atoms with Crippen LogP contribution in [0.15, 0.2) is 0 Å². The lowest BCUT2D eigenvalue weighted by atomic mass is 9.80. The third-order valence-corrected chi connectivity index (χ3v) is 4.78. The van der Waals surface area contributed by atoms with Gasteiger partial charge in [-0.3, -0.25) is 0 Å². The van der Waals surface area contributed by atoms with E-state index < -0.39 is 0 Å². The summed E-state index contributed by atoms with van der Waals surface area (Å²) in [5, 5.41) is 3.67. The molecule has 2 rings (SSSR count). The summed E-state index contributed by atoms with van der Waals surface area (Å²) in [5.74, 6) is 0. The highest BCUT2D eigenvalue weighted by Gasteiger charge is 2.42. The molecule has 1 aliphatic carbocycles. The van der Waals surface area contributed by atoms with Gasteiger partial charge in [-0.1, -0.05) is 0 Å². The van der Waals surface area contributed by atoms with Crippen LogP contribution in [0.3, 0.4) is 0 Å². The van der Waals surface area contributed by atoms with Crippen molar-refractivity contribution in [3.63, 3.8) is 0 Å². The molecule has 0 aromatic carbocycles. The highest BCUT2D eigenvalue weighted by Crippen LogP contribution is 2.48. The van der Waals surface area contributed by atoms with Gasteiger partial charge in [0, 0.05) is 40.0 Å². The van der Waals surface area contributed by atoms with Crippen LogP contribution in [0.2, 0.25) is 0 Å². The summed E-state index contributed by atoms with van der Waals surface area (Å²) in [6, 6.07) is 0. The quantitative estimate of drug-likeness (QED) is 0.684. The number of rotatable bonds is 8. The Bertz CT molecular complexity index is 248. The zero-order valence-corrected chi connectivity index (χ0v) is 11.7. The fourth-order valence-electron chi connectivity index (χ4n) is 2.86. The molecule has 1 saturated carbocycles. The number of nitrogens with two attached hydrogens (primary N) is 1. The lowest BCUT2D eigenvalue weighted by molar-refractivity contribution is 0.0185. The van der Waals surface area contributed by atoms with Crippen LogP contribution in [0.25, 0.3) is 0 Å². The van der Waals surface area contributed by atoms with E-state index in [0.29, 0.717) is 5.41 Å². The van der Waals surface area contributed by atoms with Crippen molar-refractivity contribution in [1.82, 2.24) is 5.32 Å². The average molecular weight is 256 g/mol. The molecule has 18 heavy (non-hydrogen) atoms. The molecule has 0 atom stereocenters. The number of ether oxygens (including phenoxy) is 2. The Morgan fingerprint density at radius 3 is 2.33 bits per heavy atom. The maximum absolute atomic E-state index is 5.97. The van der Waals surface area contributed by atoms with Crippen LogP contribution in [0.1, 0.15) is 32.1 Å². The lowest BCUT2D eigenvalue weighted by Gasteiger charge is -2.36. The van der Waals surface area contributed by atoms with Crippen LogP contribution in [-0.2, 0) is 9.47 Å². The zero-order valence-electron chi connectivity index (χ0n) is 11.7. The molecule has 106 valence electrons. The van der Waals surface area contributed by atoms with Crippen molar-refractivity contribution in [2.24, 2.45) is 16.6 Å². The molecule has 4 heteroatoms. The molecule has 0 spiro atoms. The smallest absolute Gasteiger partial charge is 0.0472 e. The summed E-state index contributed by atoms with van der Waals surface area (Å²) in [6.45, 7) is 5.56. The minimum absolute atomic E-state index is 0.273. The molecule has 0 aromatic rings. The molecule has 0 aromatic heterocycles. The zero-order chi connectivity index (χ0) is 12.9. The van der Waals surface area contributed by atoms with E-state index in [-0.39, 0.29) is 5.41 Å². The van der Waals surface area contributed by atoms with Gasteiger partial charge in [-0.15, -0.1) is 0 Å². The molecule has 2 aliphatic rings. The molecule has 3 N–H and O–H groups in total. The first-order chi connectivity index (χ1) is 8.74. The van der Waals surface area contributed by atoms with Gasteiger partial charge in [0.25, 0.3) is 0 Å². The molecule has 0 unspecified atom stereocenters. The van der Waals surface area contributed by atoms with Crippen LogP contribution in [0.4, 0.5) is 0 Å². The SMILES string of the molecule is COCCC1(CNCC2(CN)CCOCC2)CC1. The van der Waals surface area contributed by atoms with Crippen LogP contribution in [0.5, 0.6) is 0 Å². The summed E-state index contributed by atoms with van der Waals surface area (Å²) < 4.78 is 10.6. The Balaban J connectivity index is 1.70. The predicted octanol–water partition coefficient (Wildman–Crippen LogP) is 1.15. The average Bonchev–Trinajstić information content (AvgIpc) is 3.18. The molecule has 0 radical (unpaired) electrons. The van der Waals surface area contributed by atoms with Crippen molar-refractivity contribution in [3.8, 4) is 0 Å². The number of methoxy groups -OCH3 is 1. The fourth-order valence-corrected chi connectivity index (χ4v) is 2.86. The summed E-state index contributed by atoms with van der Waals surface area (Å²) in [7, 11) is 1.79. The molecule has 1 heterocycles. The van der Waals surface area contributed by atoms with Crippen molar-refractivity contribution >= 4 is 0 Å². The largest absolute Gasteiger partial charge is 0.385 e. The van der Waals surface area contributed by atoms with Crippen molar-refractivity contribution in [2.75, 3.05) is 46.6 Å². The van der Waals surface area contributed by atoms with Crippen molar-refractivity contribution in [1.29, 1.82) is 0 Å². The number of hydrogen-bond acceptors (Lipinski definition) is 4. The molecule has 2 fully saturated rings. The van der Waals surface area contributed by atoms with E-state index in [1.54, 1.807) is 7.11 Å². The van der Waals surface area contributed by atoms with E-state index in [1.807, 2.05) is 0 Å².